The summed E-state index contributed by atoms with van der Waals surface area (Å²) in [5, 5.41) is 20.8. The Morgan fingerprint density at radius 2 is 1.52 bits per heavy atom. The molecule has 0 aromatic heterocycles. The van der Waals surface area contributed by atoms with Crippen LogP contribution in [0.25, 0.3) is 0 Å². The maximum absolute atomic E-state index is 10.6. The number of hydrogen-bond donors (Lipinski definition) is 2. The molecule has 0 spiro atoms. The van der Waals surface area contributed by atoms with Crippen LogP contribution in [0, 0.1) is 11.8 Å². The van der Waals surface area contributed by atoms with Crippen LogP contribution in [0.2, 0.25) is 0 Å². The van der Waals surface area contributed by atoms with Crippen LogP contribution in [0.3, 0.4) is 0 Å². The standard InChI is InChI=1S/C23H24O2/c1-2-3-6-14-21(23(25)20-15-9-5-10-16-20)17-11-18-22(24)19-12-7-4-8-13-19/h2,4-5,7-10,12-16,22-25H,1,3,6,18H2/b21-14-. The number of aliphatic hydroxyl groups excluding tert-OH is 2. The van der Waals surface area contributed by atoms with Crippen molar-refractivity contribution < 1.29 is 10.2 Å². The van der Waals surface area contributed by atoms with E-state index in [4.69, 9.17) is 0 Å². The van der Waals surface area contributed by atoms with Crippen LogP contribution in [-0.2, 0) is 0 Å². The Morgan fingerprint density at radius 3 is 2.12 bits per heavy atom. The molecule has 0 radical (unpaired) electrons. The summed E-state index contributed by atoms with van der Waals surface area (Å²) in [7, 11) is 0. The highest BCUT2D eigenvalue weighted by atomic mass is 16.3. The smallest absolute Gasteiger partial charge is 0.111 e. The monoisotopic (exact) mass is 332 g/mol. The van der Waals surface area contributed by atoms with E-state index in [0.29, 0.717) is 12.0 Å². The predicted octanol–water partition coefficient (Wildman–Crippen LogP) is 4.74. The van der Waals surface area contributed by atoms with Crippen molar-refractivity contribution in [1.82, 2.24) is 0 Å². The van der Waals surface area contributed by atoms with Crippen LogP contribution in [0.15, 0.2) is 85.0 Å². The third kappa shape index (κ3) is 6.08. The van der Waals surface area contributed by atoms with Crippen molar-refractivity contribution >= 4 is 0 Å². The van der Waals surface area contributed by atoms with Gasteiger partial charge in [0, 0.05) is 12.0 Å². The van der Waals surface area contributed by atoms with E-state index in [-0.39, 0.29) is 0 Å². The summed E-state index contributed by atoms with van der Waals surface area (Å²) in [6.07, 6.45) is 4.34. The van der Waals surface area contributed by atoms with Gasteiger partial charge in [-0.1, -0.05) is 84.7 Å². The van der Waals surface area contributed by atoms with E-state index in [1.165, 1.54) is 0 Å². The molecule has 2 aromatic carbocycles. The second-order valence-corrected chi connectivity index (χ2v) is 5.77. The van der Waals surface area contributed by atoms with Crippen LogP contribution in [-0.4, -0.2) is 10.2 Å². The molecule has 25 heavy (non-hydrogen) atoms. The fourth-order valence-corrected chi connectivity index (χ4v) is 2.45. The molecular formula is C23H24O2. The van der Waals surface area contributed by atoms with Crippen LogP contribution in [0.1, 0.15) is 42.6 Å². The Morgan fingerprint density at radius 1 is 0.920 bits per heavy atom. The van der Waals surface area contributed by atoms with Crippen molar-refractivity contribution in [3.8, 4) is 11.8 Å². The van der Waals surface area contributed by atoms with Crippen LogP contribution in [0.4, 0.5) is 0 Å². The molecule has 2 nitrogen and oxygen atoms in total. The predicted molar refractivity (Wildman–Crippen MR) is 103 cm³/mol. The molecular weight excluding hydrogens is 308 g/mol. The topological polar surface area (TPSA) is 40.5 Å². The molecule has 0 bridgehead atoms. The second-order valence-electron chi connectivity index (χ2n) is 5.77. The fraction of sp³-hybridized carbons (Fsp3) is 0.217. The van der Waals surface area contributed by atoms with Crippen LogP contribution >= 0.6 is 0 Å². The van der Waals surface area contributed by atoms with Gasteiger partial charge in [0.05, 0.1) is 6.10 Å². The molecule has 2 atom stereocenters. The van der Waals surface area contributed by atoms with Gasteiger partial charge >= 0.3 is 0 Å². The van der Waals surface area contributed by atoms with E-state index in [1.807, 2.05) is 72.8 Å². The van der Waals surface area contributed by atoms with E-state index in [0.717, 1.165) is 24.0 Å². The highest BCUT2D eigenvalue weighted by Crippen LogP contribution is 2.22. The third-order valence-corrected chi connectivity index (χ3v) is 3.86. The summed E-state index contributed by atoms with van der Waals surface area (Å²) < 4.78 is 0. The molecule has 2 rings (SSSR count). The number of aliphatic hydroxyl groups is 2. The van der Waals surface area contributed by atoms with Gasteiger partial charge in [0.2, 0.25) is 0 Å². The van der Waals surface area contributed by atoms with Crippen molar-refractivity contribution in [1.29, 1.82) is 0 Å². The molecule has 0 saturated carbocycles. The highest BCUT2D eigenvalue weighted by molar-refractivity contribution is 5.38. The molecule has 0 fully saturated rings. The van der Waals surface area contributed by atoms with Gasteiger partial charge in [0.15, 0.2) is 0 Å². The van der Waals surface area contributed by atoms with Crippen molar-refractivity contribution in [2.24, 2.45) is 0 Å². The summed E-state index contributed by atoms with van der Waals surface area (Å²) in [5.41, 5.74) is 2.32. The number of unbranched alkanes of at least 4 members (excludes halogenated alkanes) is 1. The molecule has 0 aliphatic heterocycles. The first-order chi connectivity index (χ1) is 12.2. The first kappa shape index (κ1) is 18.7. The molecule has 2 unspecified atom stereocenters. The quantitative estimate of drug-likeness (QED) is 0.437. The molecule has 0 saturated heterocycles. The summed E-state index contributed by atoms with van der Waals surface area (Å²) in [5.74, 6) is 6.05. The van der Waals surface area contributed by atoms with Gasteiger partial charge < -0.3 is 10.2 Å². The maximum atomic E-state index is 10.6. The number of rotatable bonds is 7. The minimum atomic E-state index is -0.757. The van der Waals surface area contributed by atoms with Gasteiger partial charge in [-0.25, -0.2) is 0 Å². The zero-order valence-corrected chi connectivity index (χ0v) is 14.3. The molecule has 128 valence electrons. The zero-order valence-electron chi connectivity index (χ0n) is 14.3. The summed E-state index contributed by atoms with van der Waals surface area (Å²) in [4.78, 5) is 0. The Bertz CT molecular complexity index is 736. The summed E-state index contributed by atoms with van der Waals surface area (Å²) in [6.45, 7) is 3.72. The van der Waals surface area contributed by atoms with E-state index in [2.05, 4.69) is 18.4 Å². The largest absolute Gasteiger partial charge is 0.387 e. The first-order valence-electron chi connectivity index (χ1n) is 8.48. The summed E-state index contributed by atoms with van der Waals surface area (Å²) in [6, 6.07) is 18.9. The lowest BCUT2D eigenvalue weighted by Crippen LogP contribution is -2.01. The lowest BCUT2D eigenvalue weighted by atomic mass is 10.00. The Labute approximate surface area is 150 Å². The molecule has 0 aliphatic rings. The lowest BCUT2D eigenvalue weighted by molar-refractivity contribution is 0.184. The minimum Gasteiger partial charge on any atom is -0.387 e. The van der Waals surface area contributed by atoms with E-state index in [1.54, 1.807) is 0 Å². The van der Waals surface area contributed by atoms with Gasteiger partial charge in [0.1, 0.15) is 6.10 Å². The molecule has 2 N–H and O–H groups in total. The lowest BCUT2D eigenvalue weighted by Gasteiger charge is -2.11. The highest BCUT2D eigenvalue weighted by Gasteiger charge is 2.11. The number of hydrogen-bond acceptors (Lipinski definition) is 2. The van der Waals surface area contributed by atoms with Gasteiger partial charge in [-0.3, -0.25) is 0 Å². The third-order valence-electron chi connectivity index (χ3n) is 3.86. The van der Waals surface area contributed by atoms with Gasteiger partial charge in [-0.2, -0.15) is 0 Å². The summed E-state index contributed by atoms with van der Waals surface area (Å²) >= 11 is 0. The van der Waals surface area contributed by atoms with E-state index in [9.17, 15) is 10.2 Å². The Balaban J connectivity index is 2.11. The molecule has 0 amide bonds. The number of allylic oxidation sites excluding steroid dienone is 2. The Hall–Kier alpha value is -2.60. The second kappa shape index (κ2) is 10.3. The SMILES string of the molecule is C=CCC/C=C(/C#CCC(O)c1ccccc1)C(O)c1ccccc1. The average Bonchev–Trinajstić information content (AvgIpc) is 2.67. The van der Waals surface area contributed by atoms with E-state index < -0.39 is 12.2 Å². The Kier molecular flexibility index (Phi) is 7.72. The van der Waals surface area contributed by atoms with Crippen molar-refractivity contribution in [2.45, 2.75) is 31.5 Å². The van der Waals surface area contributed by atoms with Crippen LogP contribution in [0.5, 0.6) is 0 Å². The molecule has 2 heteroatoms. The van der Waals surface area contributed by atoms with Crippen molar-refractivity contribution in [3.63, 3.8) is 0 Å². The fourth-order valence-electron chi connectivity index (χ4n) is 2.45. The van der Waals surface area contributed by atoms with Gasteiger partial charge in [-0.15, -0.1) is 6.58 Å². The maximum Gasteiger partial charge on any atom is 0.111 e. The van der Waals surface area contributed by atoms with Gasteiger partial charge in [0.25, 0.3) is 0 Å². The number of benzene rings is 2. The normalized spacial score (nSPS) is 13.4. The first-order valence-corrected chi connectivity index (χ1v) is 8.48. The van der Waals surface area contributed by atoms with Crippen molar-refractivity contribution in [2.75, 3.05) is 0 Å². The molecule has 0 aliphatic carbocycles. The van der Waals surface area contributed by atoms with Crippen LogP contribution < -0.4 is 0 Å². The van der Waals surface area contributed by atoms with Crippen molar-refractivity contribution in [3.05, 3.63) is 96.1 Å². The molecule has 2 aromatic rings. The minimum absolute atomic E-state index is 0.324. The average molecular weight is 332 g/mol. The van der Waals surface area contributed by atoms with E-state index >= 15 is 0 Å². The molecule has 0 heterocycles. The zero-order chi connectivity index (χ0) is 17.9. The van der Waals surface area contributed by atoms with Gasteiger partial charge in [-0.05, 0) is 24.0 Å².